The molecule has 0 atom stereocenters. The molecule has 0 saturated carbocycles. The van der Waals surface area contributed by atoms with Gasteiger partial charge in [-0.3, -0.25) is 9.69 Å². The number of hydrogen-bond acceptors (Lipinski definition) is 3. The second-order valence-corrected chi connectivity index (χ2v) is 6.21. The van der Waals surface area contributed by atoms with Crippen LogP contribution in [0.3, 0.4) is 0 Å². The van der Waals surface area contributed by atoms with Gasteiger partial charge in [-0.15, -0.1) is 0 Å². The van der Waals surface area contributed by atoms with E-state index in [2.05, 4.69) is 37.2 Å². The van der Waals surface area contributed by atoms with Crippen molar-refractivity contribution in [2.24, 2.45) is 0 Å². The molecule has 2 N–H and O–H groups in total. The summed E-state index contributed by atoms with van der Waals surface area (Å²) in [6.07, 6.45) is -2.55. The second kappa shape index (κ2) is 8.77. The summed E-state index contributed by atoms with van der Waals surface area (Å²) in [6, 6.07) is 3.68. The highest BCUT2D eigenvalue weighted by atomic mass is 79.9. The maximum absolute atomic E-state index is 12.4. The number of nitrogens with one attached hydrogen (secondary N) is 1. The van der Waals surface area contributed by atoms with Crippen LogP contribution in [0.2, 0.25) is 0 Å². The molecule has 0 aliphatic carbocycles. The van der Waals surface area contributed by atoms with Gasteiger partial charge < -0.3 is 10.4 Å². The maximum atomic E-state index is 12.4. The first-order valence-corrected chi connectivity index (χ1v) is 7.79. The number of benzene rings is 1. The lowest BCUT2D eigenvalue weighted by molar-refractivity contribution is -0.117. The van der Waals surface area contributed by atoms with Crippen molar-refractivity contribution in [3.8, 4) is 0 Å². The smallest absolute Gasteiger partial charge is 0.251 e. The van der Waals surface area contributed by atoms with Crippen LogP contribution in [0.1, 0.15) is 5.56 Å². The van der Waals surface area contributed by atoms with Crippen molar-refractivity contribution in [2.75, 3.05) is 31.6 Å². The summed E-state index contributed by atoms with van der Waals surface area (Å²) in [6.45, 7) is 0.889. The quantitative estimate of drug-likeness (QED) is 0.700. The van der Waals surface area contributed by atoms with E-state index in [1.807, 2.05) is 19.1 Å². The van der Waals surface area contributed by atoms with E-state index in [1.54, 1.807) is 0 Å². The van der Waals surface area contributed by atoms with Gasteiger partial charge in [0.2, 0.25) is 5.91 Å². The summed E-state index contributed by atoms with van der Waals surface area (Å²) in [7, 11) is 0. The Hall–Kier alpha value is -0.570. The third-order valence-electron chi connectivity index (χ3n) is 2.63. The molecule has 0 unspecified atom stereocenters. The van der Waals surface area contributed by atoms with E-state index in [0.717, 1.165) is 5.56 Å². The molecule has 21 heavy (non-hydrogen) atoms. The molecule has 0 fully saturated rings. The lowest BCUT2D eigenvalue weighted by Gasteiger charge is -2.20. The van der Waals surface area contributed by atoms with E-state index in [4.69, 9.17) is 5.11 Å². The van der Waals surface area contributed by atoms with Gasteiger partial charge in [0.15, 0.2) is 0 Å². The highest BCUT2D eigenvalue weighted by Gasteiger charge is 2.17. The Morgan fingerprint density at radius 2 is 1.95 bits per heavy atom. The van der Waals surface area contributed by atoms with Gasteiger partial charge in [-0.2, -0.15) is 0 Å². The minimum Gasteiger partial charge on any atom is -0.395 e. The van der Waals surface area contributed by atoms with Crippen LogP contribution in [-0.2, 0) is 4.79 Å². The van der Waals surface area contributed by atoms with Gasteiger partial charge in [0.25, 0.3) is 6.43 Å². The van der Waals surface area contributed by atoms with Gasteiger partial charge in [-0.25, -0.2) is 8.78 Å². The zero-order valence-electron chi connectivity index (χ0n) is 11.4. The molecule has 0 aromatic heterocycles. The summed E-state index contributed by atoms with van der Waals surface area (Å²) in [5.74, 6) is -0.422. The molecule has 1 aromatic carbocycles. The third-order valence-corrected chi connectivity index (χ3v) is 3.88. The van der Waals surface area contributed by atoms with E-state index in [9.17, 15) is 13.6 Å². The molecule has 0 aliphatic rings. The van der Waals surface area contributed by atoms with Gasteiger partial charge in [-0.05, 0) is 56.5 Å². The summed E-state index contributed by atoms with van der Waals surface area (Å²) in [5, 5.41) is 11.5. The van der Waals surface area contributed by atoms with E-state index < -0.39 is 18.9 Å². The van der Waals surface area contributed by atoms with Crippen molar-refractivity contribution < 1.29 is 18.7 Å². The minimum atomic E-state index is -2.55. The molecule has 0 spiro atoms. The Bertz CT molecular complexity index is 478. The van der Waals surface area contributed by atoms with E-state index in [-0.39, 0.29) is 19.7 Å². The molecular weight excluding hydrogens is 414 g/mol. The molecule has 1 aromatic rings. The highest BCUT2D eigenvalue weighted by molar-refractivity contribution is 9.11. The second-order valence-electron chi connectivity index (χ2n) is 4.50. The number of rotatable bonds is 7. The molecule has 0 heterocycles. The first kappa shape index (κ1) is 18.5. The fourth-order valence-electron chi connectivity index (χ4n) is 1.77. The average molecular weight is 430 g/mol. The monoisotopic (exact) mass is 428 g/mol. The van der Waals surface area contributed by atoms with Gasteiger partial charge in [0, 0.05) is 15.5 Å². The van der Waals surface area contributed by atoms with E-state index in [0.29, 0.717) is 14.6 Å². The van der Waals surface area contributed by atoms with E-state index in [1.165, 1.54) is 4.90 Å². The number of aryl methyl sites for hydroxylation is 1. The molecule has 1 rings (SSSR count). The van der Waals surface area contributed by atoms with Crippen LogP contribution in [-0.4, -0.2) is 48.6 Å². The number of anilines is 1. The molecule has 8 heteroatoms. The molecule has 4 nitrogen and oxygen atoms in total. The average Bonchev–Trinajstić information content (AvgIpc) is 2.33. The molecule has 118 valence electrons. The number of carbonyl (C=O) groups is 1. The van der Waals surface area contributed by atoms with Gasteiger partial charge in [0.05, 0.1) is 25.4 Å². The number of halogens is 4. The van der Waals surface area contributed by atoms with Gasteiger partial charge in [-0.1, -0.05) is 0 Å². The van der Waals surface area contributed by atoms with Crippen molar-refractivity contribution in [1.29, 1.82) is 0 Å². The Labute approximate surface area is 138 Å². The Morgan fingerprint density at radius 3 is 2.43 bits per heavy atom. The molecule has 0 aliphatic heterocycles. The predicted molar refractivity (Wildman–Crippen MR) is 84.7 cm³/mol. The van der Waals surface area contributed by atoms with Crippen LogP contribution in [0.25, 0.3) is 0 Å². The number of nitrogens with zero attached hydrogens (tertiary/aromatic N) is 1. The first-order valence-electron chi connectivity index (χ1n) is 6.20. The van der Waals surface area contributed by atoms with Crippen LogP contribution in [0.15, 0.2) is 21.1 Å². The number of carbonyl (C=O) groups excluding carboxylic acids is 1. The molecule has 0 bridgehead atoms. The summed E-state index contributed by atoms with van der Waals surface area (Å²) in [4.78, 5) is 13.2. The Balaban J connectivity index is 2.72. The Kier molecular flexibility index (Phi) is 7.72. The van der Waals surface area contributed by atoms with Crippen LogP contribution < -0.4 is 5.32 Å². The van der Waals surface area contributed by atoms with Crippen LogP contribution >= 0.6 is 31.9 Å². The number of aliphatic hydroxyl groups excluding tert-OH is 1. The Morgan fingerprint density at radius 1 is 1.38 bits per heavy atom. The van der Waals surface area contributed by atoms with Crippen LogP contribution in [0, 0.1) is 6.92 Å². The fraction of sp³-hybridized carbons (Fsp3) is 0.462. The van der Waals surface area contributed by atoms with E-state index >= 15 is 0 Å². The van der Waals surface area contributed by atoms with Gasteiger partial charge in [0.1, 0.15) is 0 Å². The van der Waals surface area contributed by atoms with Gasteiger partial charge >= 0.3 is 0 Å². The molecule has 0 saturated heterocycles. The topological polar surface area (TPSA) is 52.6 Å². The summed E-state index contributed by atoms with van der Waals surface area (Å²) < 4.78 is 26.2. The molecule has 0 radical (unpaired) electrons. The normalized spacial score (nSPS) is 11.2. The fourth-order valence-corrected chi connectivity index (χ4v) is 3.39. The van der Waals surface area contributed by atoms with Crippen LogP contribution in [0.5, 0.6) is 0 Å². The molecular formula is C13H16Br2F2N2O2. The zero-order chi connectivity index (χ0) is 16.0. The number of amides is 1. The summed E-state index contributed by atoms with van der Waals surface area (Å²) >= 11 is 6.69. The molecule has 1 amide bonds. The van der Waals surface area contributed by atoms with Crippen molar-refractivity contribution >= 4 is 43.5 Å². The minimum absolute atomic E-state index is 0.0218. The highest BCUT2D eigenvalue weighted by Crippen LogP contribution is 2.32. The predicted octanol–water partition coefficient (Wildman–Crippen LogP) is 3.02. The standard InChI is InChI=1S/C13H16Br2F2N2O2/c1-8-4-9(14)13(10(15)5-8)18-12(21)7-19(2-3-20)6-11(16)17/h4-5,11,20H,2-3,6-7H2,1H3,(H,18,21). The SMILES string of the molecule is Cc1cc(Br)c(NC(=O)CN(CCO)CC(F)F)c(Br)c1. The first-order chi connectivity index (χ1) is 9.83. The number of alkyl halides is 2. The lowest BCUT2D eigenvalue weighted by Crippen LogP contribution is -2.38. The van der Waals surface area contributed by atoms with Crippen molar-refractivity contribution in [2.45, 2.75) is 13.3 Å². The third kappa shape index (κ3) is 6.37. The van der Waals surface area contributed by atoms with Crippen molar-refractivity contribution in [3.63, 3.8) is 0 Å². The number of hydrogen-bond donors (Lipinski definition) is 2. The largest absolute Gasteiger partial charge is 0.395 e. The maximum Gasteiger partial charge on any atom is 0.251 e. The zero-order valence-corrected chi connectivity index (χ0v) is 14.5. The summed E-state index contributed by atoms with van der Waals surface area (Å²) in [5.41, 5.74) is 1.55. The van der Waals surface area contributed by atoms with Crippen molar-refractivity contribution in [3.05, 3.63) is 26.6 Å². The number of aliphatic hydroxyl groups is 1. The van der Waals surface area contributed by atoms with Crippen molar-refractivity contribution in [1.82, 2.24) is 4.90 Å². The van der Waals surface area contributed by atoms with Crippen LogP contribution in [0.4, 0.5) is 14.5 Å². The lowest BCUT2D eigenvalue weighted by atomic mass is 10.2.